The van der Waals surface area contributed by atoms with Gasteiger partial charge in [-0.25, -0.2) is 0 Å². The van der Waals surface area contributed by atoms with Crippen LogP contribution in [0.5, 0.6) is 0 Å². The van der Waals surface area contributed by atoms with Gasteiger partial charge < -0.3 is 0 Å². The molecule has 0 fully saturated rings. The molecule has 1 nitrogen and oxygen atoms in total. The zero-order valence-corrected chi connectivity index (χ0v) is 7.76. The lowest BCUT2D eigenvalue weighted by molar-refractivity contribution is -0.118. The van der Waals surface area contributed by atoms with Crippen molar-refractivity contribution in [3.05, 3.63) is 12.2 Å². The summed E-state index contributed by atoms with van der Waals surface area (Å²) in [6.07, 6.45) is 7.65. The molecule has 1 unspecified atom stereocenters. The fourth-order valence-corrected chi connectivity index (χ4v) is 0.758. The van der Waals surface area contributed by atoms with Crippen molar-refractivity contribution in [2.45, 2.75) is 40.0 Å². The van der Waals surface area contributed by atoms with Crippen LogP contribution in [0.3, 0.4) is 0 Å². The molecule has 0 saturated heterocycles. The van der Waals surface area contributed by atoms with Crippen LogP contribution < -0.4 is 0 Å². The van der Waals surface area contributed by atoms with E-state index in [4.69, 9.17) is 0 Å². The van der Waals surface area contributed by atoms with Gasteiger partial charge in [0.05, 0.1) is 0 Å². The minimum absolute atomic E-state index is 0.104. The highest BCUT2D eigenvalue weighted by molar-refractivity contribution is 5.79. The predicted octanol–water partition coefficient (Wildman–Crippen LogP) is 2.96. The second kappa shape index (κ2) is 6.14. The lowest BCUT2D eigenvalue weighted by Gasteiger charge is -1.97. The second-order valence-corrected chi connectivity index (χ2v) is 2.97. The molecule has 0 bridgehead atoms. The molecule has 0 radical (unpaired) electrons. The summed E-state index contributed by atoms with van der Waals surface area (Å²) in [5.41, 5.74) is 0. The van der Waals surface area contributed by atoms with E-state index in [1.165, 1.54) is 12.8 Å². The van der Waals surface area contributed by atoms with Crippen molar-refractivity contribution in [3.8, 4) is 0 Å². The molecule has 0 aliphatic carbocycles. The summed E-state index contributed by atoms with van der Waals surface area (Å²) >= 11 is 0. The summed E-state index contributed by atoms with van der Waals surface area (Å²) in [6.45, 7) is 5.74. The molecule has 0 saturated carbocycles. The molecule has 0 spiro atoms. The minimum atomic E-state index is 0.104. The first-order valence-electron chi connectivity index (χ1n) is 4.35. The average molecular weight is 154 g/mol. The van der Waals surface area contributed by atoms with Crippen molar-refractivity contribution >= 4 is 5.78 Å². The summed E-state index contributed by atoms with van der Waals surface area (Å²) in [4.78, 5) is 10.8. The Bertz CT molecular complexity index is 136. The number of unbranched alkanes of at least 4 members (excludes halogenated alkanes) is 2. The predicted molar refractivity (Wildman–Crippen MR) is 48.5 cm³/mol. The number of Topliss-reactive ketones (excluding diaryl/α,β-unsaturated/α-hetero) is 1. The molecular weight excluding hydrogens is 136 g/mol. The van der Waals surface area contributed by atoms with Crippen LogP contribution in [0.2, 0.25) is 0 Å². The summed E-state index contributed by atoms with van der Waals surface area (Å²) in [5.74, 6) is 0.351. The third-order valence-electron chi connectivity index (χ3n) is 1.79. The van der Waals surface area contributed by atoms with Crippen LogP contribution >= 0.6 is 0 Å². The number of allylic oxidation sites excluding steroid dienone is 2. The number of carbonyl (C=O) groups excluding carboxylic acids is 1. The maximum absolute atomic E-state index is 10.8. The van der Waals surface area contributed by atoms with E-state index < -0.39 is 0 Å². The van der Waals surface area contributed by atoms with Gasteiger partial charge in [-0.15, -0.1) is 0 Å². The molecule has 0 aliphatic heterocycles. The second-order valence-electron chi connectivity index (χ2n) is 2.97. The molecule has 11 heavy (non-hydrogen) atoms. The Hall–Kier alpha value is -0.590. The molecule has 1 atom stereocenters. The highest BCUT2D eigenvalue weighted by Crippen LogP contribution is 2.01. The zero-order valence-electron chi connectivity index (χ0n) is 7.76. The van der Waals surface area contributed by atoms with E-state index >= 15 is 0 Å². The van der Waals surface area contributed by atoms with Crippen molar-refractivity contribution in [1.82, 2.24) is 0 Å². The number of ketones is 1. The van der Waals surface area contributed by atoms with Gasteiger partial charge in [0.15, 0.2) is 0 Å². The first-order valence-corrected chi connectivity index (χ1v) is 4.35. The monoisotopic (exact) mass is 154 g/mol. The first-order chi connectivity index (χ1) is 5.18. The molecule has 0 amide bonds. The van der Waals surface area contributed by atoms with E-state index in [1.807, 2.05) is 13.0 Å². The Labute approximate surface area is 69.5 Å². The third-order valence-corrected chi connectivity index (χ3v) is 1.79. The lowest BCUT2D eigenvalue weighted by atomic mass is 10.1. The van der Waals surface area contributed by atoms with E-state index in [2.05, 4.69) is 13.0 Å². The van der Waals surface area contributed by atoms with Crippen LogP contribution in [0.15, 0.2) is 12.2 Å². The fraction of sp³-hybridized carbons (Fsp3) is 0.700. The molecule has 0 aromatic heterocycles. The average Bonchev–Trinajstić information content (AvgIpc) is 1.97. The smallest absolute Gasteiger partial charge is 0.136 e. The van der Waals surface area contributed by atoms with Crippen LogP contribution in [0.1, 0.15) is 40.0 Å². The van der Waals surface area contributed by atoms with Crippen LogP contribution in [-0.2, 0) is 4.79 Å². The summed E-state index contributed by atoms with van der Waals surface area (Å²) in [5, 5.41) is 0. The van der Waals surface area contributed by atoms with Crippen LogP contribution in [-0.4, -0.2) is 5.78 Å². The van der Waals surface area contributed by atoms with Crippen LogP contribution in [0.25, 0.3) is 0 Å². The van der Waals surface area contributed by atoms with Gasteiger partial charge in [0.2, 0.25) is 0 Å². The SMILES string of the molecule is CCCCC=CC(C)C(C)=O. The van der Waals surface area contributed by atoms with Crippen molar-refractivity contribution in [2.75, 3.05) is 0 Å². The maximum atomic E-state index is 10.8. The number of hydrogen-bond donors (Lipinski definition) is 0. The van der Waals surface area contributed by atoms with Gasteiger partial charge in [-0.05, 0) is 13.3 Å². The number of hydrogen-bond acceptors (Lipinski definition) is 1. The Morgan fingerprint density at radius 3 is 2.64 bits per heavy atom. The lowest BCUT2D eigenvalue weighted by Crippen LogP contribution is -2.01. The number of rotatable bonds is 5. The quantitative estimate of drug-likeness (QED) is 0.439. The van der Waals surface area contributed by atoms with Gasteiger partial charge in [-0.2, -0.15) is 0 Å². The van der Waals surface area contributed by atoms with E-state index in [-0.39, 0.29) is 11.7 Å². The summed E-state index contributed by atoms with van der Waals surface area (Å²) < 4.78 is 0. The maximum Gasteiger partial charge on any atom is 0.136 e. The third kappa shape index (κ3) is 5.84. The molecule has 0 aromatic carbocycles. The van der Waals surface area contributed by atoms with Gasteiger partial charge in [0.1, 0.15) is 5.78 Å². The largest absolute Gasteiger partial charge is 0.299 e. The van der Waals surface area contributed by atoms with Gasteiger partial charge in [0, 0.05) is 5.92 Å². The summed E-state index contributed by atoms with van der Waals surface area (Å²) in [6, 6.07) is 0. The highest BCUT2D eigenvalue weighted by Gasteiger charge is 2.00. The zero-order chi connectivity index (χ0) is 8.69. The molecule has 64 valence electrons. The Balaban J connectivity index is 3.48. The normalized spacial score (nSPS) is 13.7. The van der Waals surface area contributed by atoms with E-state index in [1.54, 1.807) is 6.92 Å². The number of carbonyl (C=O) groups is 1. The molecular formula is C10H18O. The van der Waals surface area contributed by atoms with Gasteiger partial charge >= 0.3 is 0 Å². The first kappa shape index (κ1) is 10.4. The van der Waals surface area contributed by atoms with Gasteiger partial charge in [-0.1, -0.05) is 38.8 Å². The molecule has 0 aromatic rings. The van der Waals surface area contributed by atoms with Crippen molar-refractivity contribution < 1.29 is 4.79 Å². The Kier molecular flexibility index (Phi) is 5.81. The molecule has 0 N–H and O–H groups in total. The van der Waals surface area contributed by atoms with E-state index in [0.29, 0.717) is 0 Å². The molecule has 0 heterocycles. The Morgan fingerprint density at radius 2 is 2.18 bits per heavy atom. The van der Waals surface area contributed by atoms with E-state index in [0.717, 1.165) is 6.42 Å². The summed E-state index contributed by atoms with van der Waals surface area (Å²) in [7, 11) is 0. The molecule has 0 aliphatic rings. The fourth-order valence-electron chi connectivity index (χ4n) is 0.758. The topological polar surface area (TPSA) is 17.1 Å². The Morgan fingerprint density at radius 1 is 1.55 bits per heavy atom. The van der Waals surface area contributed by atoms with Crippen LogP contribution in [0.4, 0.5) is 0 Å². The van der Waals surface area contributed by atoms with Crippen molar-refractivity contribution in [2.24, 2.45) is 5.92 Å². The highest BCUT2D eigenvalue weighted by atomic mass is 16.1. The van der Waals surface area contributed by atoms with Crippen molar-refractivity contribution in [3.63, 3.8) is 0 Å². The molecule has 1 heteroatoms. The van der Waals surface area contributed by atoms with E-state index in [9.17, 15) is 4.79 Å². The molecule has 0 rings (SSSR count). The van der Waals surface area contributed by atoms with Crippen LogP contribution in [0, 0.1) is 5.92 Å². The van der Waals surface area contributed by atoms with Crippen molar-refractivity contribution in [1.29, 1.82) is 0 Å². The van der Waals surface area contributed by atoms with Gasteiger partial charge in [0.25, 0.3) is 0 Å². The minimum Gasteiger partial charge on any atom is -0.299 e. The standard InChI is InChI=1S/C10H18O/c1-4-5-6-7-8-9(2)10(3)11/h7-9H,4-6H2,1-3H3. The van der Waals surface area contributed by atoms with Gasteiger partial charge in [-0.3, -0.25) is 4.79 Å².